The van der Waals surface area contributed by atoms with Gasteiger partial charge in [0.25, 0.3) is 0 Å². The number of nitrogens with zero attached hydrogens (tertiary/aromatic N) is 4. The predicted molar refractivity (Wildman–Crippen MR) is 121 cm³/mol. The van der Waals surface area contributed by atoms with Gasteiger partial charge in [0.2, 0.25) is 11.8 Å². The zero-order chi connectivity index (χ0) is 21.5. The third kappa shape index (κ3) is 5.48. The summed E-state index contributed by atoms with van der Waals surface area (Å²) in [5.41, 5.74) is 0.935. The van der Waals surface area contributed by atoms with Gasteiger partial charge in [-0.2, -0.15) is 0 Å². The standard InChI is InChI=1S/C21H25N5O2S2/c1-4-25(13-18(27)22-15(2)3)19(28)14-30-21-24-23-20(17-11-8-12-29-17)26(21)16-9-6-5-7-10-16/h5-12,15H,4,13-14H2,1-3H3,(H,22,27). The van der Waals surface area contributed by atoms with Crippen molar-refractivity contribution in [3.63, 3.8) is 0 Å². The number of benzene rings is 1. The monoisotopic (exact) mass is 443 g/mol. The molecule has 7 nitrogen and oxygen atoms in total. The summed E-state index contributed by atoms with van der Waals surface area (Å²) in [7, 11) is 0. The van der Waals surface area contributed by atoms with Crippen LogP contribution in [0.25, 0.3) is 16.4 Å². The lowest BCUT2D eigenvalue weighted by Gasteiger charge is -2.21. The zero-order valence-electron chi connectivity index (χ0n) is 17.2. The van der Waals surface area contributed by atoms with Gasteiger partial charge in [-0.3, -0.25) is 14.2 Å². The summed E-state index contributed by atoms with van der Waals surface area (Å²) < 4.78 is 1.96. The second kappa shape index (κ2) is 10.4. The minimum Gasteiger partial charge on any atom is -0.352 e. The van der Waals surface area contributed by atoms with Gasteiger partial charge in [0, 0.05) is 18.3 Å². The predicted octanol–water partition coefficient (Wildman–Crippen LogP) is 3.46. The average Bonchev–Trinajstić information content (AvgIpc) is 3.39. The van der Waals surface area contributed by atoms with Crippen LogP contribution in [0.5, 0.6) is 0 Å². The summed E-state index contributed by atoms with van der Waals surface area (Å²) in [6.45, 7) is 6.18. The highest BCUT2D eigenvalue weighted by Gasteiger charge is 2.20. The smallest absolute Gasteiger partial charge is 0.239 e. The van der Waals surface area contributed by atoms with Crippen LogP contribution in [0.3, 0.4) is 0 Å². The Morgan fingerprint density at radius 3 is 2.57 bits per heavy atom. The number of rotatable bonds is 9. The summed E-state index contributed by atoms with van der Waals surface area (Å²) in [5, 5.41) is 14.2. The van der Waals surface area contributed by atoms with Crippen LogP contribution in [-0.4, -0.2) is 56.4 Å². The molecule has 0 radical (unpaired) electrons. The fourth-order valence-corrected chi connectivity index (χ4v) is 4.43. The van der Waals surface area contributed by atoms with E-state index in [9.17, 15) is 9.59 Å². The maximum atomic E-state index is 12.7. The van der Waals surface area contributed by atoms with Gasteiger partial charge in [0.1, 0.15) is 0 Å². The first kappa shape index (κ1) is 22.0. The van der Waals surface area contributed by atoms with Crippen LogP contribution in [0.4, 0.5) is 0 Å². The molecule has 0 aliphatic carbocycles. The summed E-state index contributed by atoms with van der Waals surface area (Å²) in [5.74, 6) is 0.659. The van der Waals surface area contributed by atoms with Crippen molar-refractivity contribution in [3.05, 3.63) is 47.8 Å². The van der Waals surface area contributed by atoms with Crippen molar-refractivity contribution in [1.29, 1.82) is 0 Å². The Hall–Kier alpha value is -2.65. The third-order valence-corrected chi connectivity index (χ3v) is 6.01. The van der Waals surface area contributed by atoms with E-state index in [1.807, 2.05) is 73.2 Å². The van der Waals surface area contributed by atoms with E-state index in [0.29, 0.717) is 11.7 Å². The van der Waals surface area contributed by atoms with E-state index in [1.54, 1.807) is 16.2 Å². The Kier molecular flexibility index (Phi) is 7.64. The van der Waals surface area contributed by atoms with Crippen molar-refractivity contribution in [2.45, 2.75) is 32.0 Å². The van der Waals surface area contributed by atoms with E-state index in [0.717, 1.165) is 16.4 Å². The maximum Gasteiger partial charge on any atom is 0.239 e. The number of thiophene rings is 1. The Morgan fingerprint density at radius 2 is 1.93 bits per heavy atom. The largest absolute Gasteiger partial charge is 0.352 e. The van der Waals surface area contributed by atoms with Crippen molar-refractivity contribution in [2.24, 2.45) is 0 Å². The first-order valence-electron chi connectivity index (χ1n) is 9.74. The van der Waals surface area contributed by atoms with Crippen LogP contribution in [0.1, 0.15) is 20.8 Å². The van der Waals surface area contributed by atoms with Gasteiger partial charge in [-0.15, -0.1) is 21.5 Å². The van der Waals surface area contributed by atoms with Crippen LogP contribution < -0.4 is 5.32 Å². The average molecular weight is 444 g/mol. The molecule has 3 rings (SSSR count). The van der Waals surface area contributed by atoms with E-state index in [2.05, 4.69) is 15.5 Å². The third-order valence-electron chi connectivity index (χ3n) is 4.23. The van der Waals surface area contributed by atoms with E-state index in [-0.39, 0.29) is 30.2 Å². The molecule has 2 heterocycles. The summed E-state index contributed by atoms with van der Waals surface area (Å²) in [6, 6.07) is 13.9. The van der Waals surface area contributed by atoms with Crippen molar-refractivity contribution < 1.29 is 9.59 Å². The Bertz CT molecular complexity index is 971. The molecule has 0 atom stereocenters. The molecule has 0 aliphatic rings. The first-order valence-corrected chi connectivity index (χ1v) is 11.6. The molecule has 1 aromatic carbocycles. The molecule has 3 aromatic rings. The fraction of sp³-hybridized carbons (Fsp3) is 0.333. The summed E-state index contributed by atoms with van der Waals surface area (Å²) in [4.78, 5) is 27.3. The van der Waals surface area contributed by atoms with Crippen LogP contribution in [0.15, 0.2) is 53.0 Å². The van der Waals surface area contributed by atoms with Gasteiger partial charge < -0.3 is 10.2 Å². The van der Waals surface area contributed by atoms with E-state index >= 15 is 0 Å². The molecule has 30 heavy (non-hydrogen) atoms. The molecule has 1 N–H and O–H groups in total. The number of para-hydroxylation sites is 1. The Morgan fingerprint density at radius 1 is 1.17 bits per heavy atom. The normalized spacial score (nSPS) is 10.9. The minimum atomic E-state index is -0.155. The van der Waals surface area contributed by atoms with E-state index < -0.39 is 0 Å². The number of likely N-dealkylation sites (N-methyl/N-ethyl adjacent to an activating group) is 1. The topological polar surface area (TPSA) is 80.1 Å². The van der Waals surface area contributed by atoms with Gasteiger partial charge in [0.15, 0.2) is 11.0 Å². The molecule has 158 valence electrons. The highest BCUT2D eigenvalue weighted by atomic mass is 32.2. The van der Waals surface area contributed by atoms with Gasteiger partial charge in [-0.1, -0.05) is 36.0 Å². The van der Waals surface area contributed by atoms with Crippen molar-refractivity contribution >= 4 is 34.9 Å². The van der Waals surface area contributed by atoms with E-state index in [1.165, 1.54) is 11.8 Å². The number of hydrogen-bond donors (Lipinski definition) is 1. The zero-order valence-corrected chi connectivity index (χ0v) is 18.9. The lowest BCUT2D eigenvalue weighted by Crippen LogP contribution is -2.43. The number of hydrogen-bond acceptors (Lipinski definition) is 6. The number of nitrogens with one attached hydrogen (secondary N) is 1. The highest BCUT2D eigenvalue weighted by molar-refractivity contribution is 7.99. The van der Waals surface area contributed by atoms with Gasteiger partial charge >= 0.3 is 0 Å². The maximum absolute atomic E-state index is 12.7. The number of carbonyl (C=O) groups is 2. The summed E-state index contributed by atoms with van der Waals surface area (Å²) in [6.07, 6.45) is 0. The molecule has 0 fully saturated rings. The SMILES string of the molecule is CCN(CC(=O)NC(C)C)C(=O)CSc1nnc(-c2cccs2)n1-c1ccccc1. The lowest BCUT2D eigenvalue weighted by molar-refractivity contribution is -0.134. The number of aromatic nitrogens is 3. The van der Waals surface area contributed by atoms with E-state index in [4.69, 9.17) is 0 Å². The fourth-order valence-electron chi connectivity index (χ4n) is 2.87. The second-order valence-corrected chi connectivity index (χ2v) is 8.76. The molecule has 0 aliphatic heterocycles. The molecule has 0 saturated carbocycles. The Labute approximate surface area is 184 Å². The Balaban J connectivity index is 1.76. The molecule has 0 spiro atoms. The van der Waals surface area contributed by atoms with Crippen LogP contribution in [0, 0.1) is 0 Å². The number of thioether (sulfide) groups is 1. The molecular formula is C21H25N5O2S2. The van der Waals surface area contributed by atoms with Crippen LogP contribution in [0.2, 0.25) is 0 Å². The van der Waals surface area contributed by atoms with Crippen molar-refractivity contribution in [2.75, 3.05) is 18.8 Å². The lowest BCUT2D eigenvalue weighted by atomic mass is 10.3. The molecule has 0 bridgehead atoms. The quantitative estimate of drug-likeness (QED) is 0.512. The van der Waals surface area contributed by atoms with Crippen LogP contribution >= 0.6 is 23.1 Å². The van der Waals surface area contributed by atoms with Crippen molar-refractivity contribution in [1.82, 2.24) is 25.0 Å². The van der Waals surface area contributed by atoms with Crippen molar-refractivity contribution in [3.8, 4) is 16.4 Å². The van der Waals surface area contributed by atoms with Gasteiger partial charge in [-0.25, -0.2) is 0 Å². The minimum absolute atomic E-state index is 0.0424. The number of carbonyl (C=O) groups excluding carboxylic acids is 2. The van der Waals surface area contributed by atoms with Gasteiger partial charge in [0.05, 0.1) is 17.2 Å². The summed E-state index contributed by atoms with van der Waals surface area (Å²) >= 11 is 2.91. The molecular weight excluding hydrogens is 418 g/mol. The first-order chi connectivity index (χ1) is 14.5. The van der Waals surface area contributed by atoms with Crippen LogP contribution in [-0.2, 0) is 9.59 Å². The molecule has 0 saturated heterocycles. The highest BCUT2D eigenvalue weighted by Crippen LogP contribution is 2.30. The van der Waals surface area contributed by atoms with Gasteiger partial charge in [-0.05, 0) is 44.4 Å². The number of amides is 2. The molecule has 9 heteroatoms. The molecule has 2 aromatic heterocycles. The second-order valence-electron chi connectivity index (χ2n) is 6.87. The molecule has 0 unspecified atom stereocenters. The molecule has 2 amide bonds.